The molecule has 0 radical (unpaired) electrons. The largest absolute Gasteiger partial charge is 0.425 e. The molecule has 2 aromatic heterocycles. The van der Waals surface area contributed by atoms with E-state index in [1.54, 1.807) is 18.0 Å². The molecule has 2 saturated heterocycles. The second-order valence-electron chi connectivity index (χ2n) is 6.00. The third kappa shape index (κ3) is 2.29. The maximum atomic E-state index is 12.7. The van der Waals surface area contributed by atoms with Crippen molar-refractivity contribution in [1.82, 2.24) is 25.1 Å². The van der Waals surface area contributed by atoms with E-state index in [1.165, 1.54) is 12.4 Å². The van der Waals surface area contributed by atoms with Gasteiger partial charge < -0.3 is 14.1 Å². The number of aromatic nitrogens is 4. The molecule has 2 atom stereocenters. The lowest BCUT2D eigenvalue weighted by atomic mass is 9.76. The first-order valence-electron chi connectivity index (χ1n) is 7.66. The summed E-state index contributed by atoms with van der Waals surface area (Å²) in [5.41, 5.74) is -0.0704. The van der Waals surface area contributed by atoms with Gasteiger partial charge in [0.15, 0.2) is 0 Å². The third-order valence-electron chi connectivity index (χ3n) is 4.64. The van der Waals surface area contributed by atoms with E-state index in [1.807, 2.05) is 0 Å². The van der Waals surface area contributed by atoms with Crippen molar-refractivity contribution in [3.05, 3.63) is 36.1 Å². The third-order valence-corrected chi connectivity index (χ3v) is 4.64. The molecule has 0 bridgehead atoms. The Morgan fingerprint density at radius 2 is 2.30 bits per heavy atom. The van der Waals surface area contributed by atoms with E-state index in [2.05, 4.69) is 20.2 Å². The summed E-state index contributed by atoms with van der Waals surface area (Å²) in [7, 11) is 0. The standard InChI is InChI=1S/C15H17N5O3/c1-10-18-19-14(23-10)15-3-7-22-12(15)2-6-20(9-15)13(21)11-8-16-4-5-17-11/h4-5,8,12H,2-3,6-7,9H2,1H3/t12-,15-/m0/s1. The molecular formula is C15H17N5O3. The highest BCUT2D eigenvalue weighted by molar-refractivity contribution is 5.92. The first kappa shape index (κ1) is 14.3. The number of ether oxygens (including phenoxy) is 1. The molecule has 4 heterocycles. The SMILES string of the molecule is Cc1nnc([C@]23CCO[C@H]2CCN(C(=O)c2cnccn2)C3)o1. The van der Waals surface area contributed by atoms with Crippen molar-refractivity contribution in [3.63, 3.8) is 0 Å². The lowest BCUT2D eigenvalue weighted by molar-refractivity contribution is 0.00944. The normalized spacial score (nSPS) is 27.0. The van der Waals surface area contributed by atoms with Crippen molar-refractivity contribution in [1.29, 1.82) is 0 Å². The van der Waals surface area contributed by atoms with Gasteiger partial charge in [-0.15, -0.1) is 10.2 Å². The van der Waals surface area contributed by atoms with Crippen LogP contribution in [0.3, 0.4) is 0 Å². The molecular weight excluding hydrogens is 298 g/mol. The Hall–Kier alpha value is -2.35. The molecule has 2 fully saturated rings. The van der Waals surface area contributed by atoms with Crippen LogP contribution in [0.15, 0.2) is 23.0 Å². The second kappa shape index (κ2) is 5.38. The van der Waals surface area contributed by atoms with Crippen LogP contribution in [0.25, 0.3) is 0 Å². The van der Waals surface area contributed by atoms with Crippen molar-refractivity contribution in [2.45, 2.75) is 31.3 Å². The Morgan fingerprint density at radius 1 is 1.39 bits per heavy atom. The van der Waals surface area contributed by atoms with Gasteiger partial charge in [0.2, 0.25) is 11.8 Å². The summed E-state index contributed by atoms with van der Waals surface area (Å²) < 4.78 is 11.6. The van der Waals surface area contributed by atoms with Gasteiger partial charge in [0.1, 0.15) is 5.69 Å². The lowest BCUT2D eigenvalue weighted by Crippen LogP contribution is -2.54. The van der Waals surface area contributed by atoms with Crippen LogP contribution in [0.1, 0.15) is 35.1 Å². The Morgan fingerprint density at radius 3 is 3.04 bits per heavy atom. The molecule has 0 aromatic carbocycles. The molecule has 4 rings (SSSR count). The van der Waals surface area contributed by atoms with Crippen LogP contribution in [0.5, 0.6) is 0 Å². The number of piperidine rings is 1. The zero-order valence-corrected chi connectivity index (χ0v) is 12.8. The molecule has 0 unspecified atom stereocenters. The molecule has 8 heteroatoms. The van der Waals surface area contributed by atoms with Crippen LogP contribution in [0.4, 0.5) is 0 Å². The molecule has 2 aliphatic heterocycles. The van der Waals surface area contributed by atoms with Gasteiger partial charge in [-0.25, -0.2) is 4.98 Å². The first-order valence-corrected chi connectivity index (χ1v) is 7.66. The van der Waals surface area contributed by atoms with E-state index >= 15 is 0 Å². The van der Waals surface area contributed by atoms with Gasteiger partial charge in [-0.05, 0) is 12.8 Å². The highest BCUT2D eigenvalue weighted by atomic mass is 16.5. The number of hydrogen-bond acceptors (Lipinski definition) is 7. The minimum Gasteiger partial charge on any atom is -0.425 e. The molecule has 0 N–H and O–H groups in total. The van der Waals surface area contributed by atoms with Crippen LogP contribution < -0.4 is 0 Å². The minimum absolute atomic E-state index is 0.00765. The Labute approximate surface area is 132 Å². The maximum absolute atomic E-state index is 12.7. The van der Waals surface area contributed by atoms with Crippen molar-refractivity contribution < 1.29 is 13.9 Å². The van der Waals surface area contributed by atoms with Gasteiger partial charge in [0.25, 0.3) is 5.91 Å². The average molecular weight is 315 g/mol. The molecule has 2 aromatic rings. The van der Waals surface area contributed by atoms with Crippen LogP contribution in [-0.4, -0.2) is 56.8 Å². The minimum atomic E-state index is -0.419. The number of fused-ring (bicyclic) bond motifs is 1. The van der Waals surface area contributed by atoms with Gasteiger partial charge in [-0.1, -0.05) is 0 Å². The fraction of sp³-hybridized carbons (Fsp3) is 0.533. The summed E-state index contributed by atoms with van der Waals surface area (Å²) in [6, 6.07) is 0. The Balaban J connectivity index is 1.65. The molecule has 23 heavy (non-hydrogen) atoms. The predicted octanol–water partition coefficient (Wildman–Crippen LogP) is 0.741. The van der Waals surface area contributed by atoms with Crippen LogP contribution in [-0.2, 0) is 10.2 Å². The van der Waals surface area contributed by atoms with Crippen molar-refractivity contribution in [3.8, 4) is 0 Å². The number of carbonyl (C=O) groups excluding carboxylic acids is 1. The van der Waals surface area contributed by atoms with E-state index in [-0.39, 0.29) is 12.0 Å². The quantitative estimate of drug-likeness (QED) is 0.806. The van der Waals surface area contributed by atoms with Crippen LogP contribution >= 0.6 is 0 Å². The molecule has 0 saturated carbocycles. The molecule has 0 aliphatic carbocycles. The van der Waals surface area contributed by atoms with Gasteiger partial charge in [-0.3, -0.25) is 9.78 Å². The van der Waals surface area contributed by atoms with Gasteiger partial charge >= 0.3 is 0 Å². The number of amides is 1. The summed E-state index contributed by atoms with van der Waals surface area (Å²) in [5, 5.41) is 8.15. The van der Waals surface area contributed by atoms with Gasteiger partial charge in [-0.2, -0.15) is 0 Å². The van der Waals surface area contributed by atoms with E-state index in [9.17, 15) is 4.79 Å². The van der Waals surface area contributed by atoms with E-state index in [4.69, 9.17) is 9.15 Å². The maximum Gasteiger partial charge on any atom is 0.274 e. The molecule has 8 nitrogen and oxygen atoms in total. The summed E-state index contributed by atoms with van der Waals surface area (Å²) in [6.45, 7) is 3.52. The predicted molar refractivity (Wildman–Crippen MR) is 77.6 cm³/mol. The first-order chi connectivity index (χ1) is 11.2. The molecule has 0 spiro atoms. The zero-order chi connectivity index (χ0) is 15.9. The summed E-state index contributed by atoms with van der Waals surface area (Å²) in [6.07, 6.45) is 6.08. The highest BCUT2D eigenvalue weighted by Crippen LogP contribution is 2.43. The average Bonchev–Trinajstić information content (AvgIpc) is 3.21. The zero-order valence-electron chi connectivity index (χ0n) is 12.8. The topological polar surface area (TPSA) is 94.2 Å². The van der Waals surface area contributed by atoms with Gasteiger partial charge in [0.05, 0.1) is 17.7 Å². The summed E-state index contributed by atoms with van der Waals surface area (Å²) >= 11 is 0. The number of hydrogen-bond donors (Lipinski definition) is 0. The highest BCUT2D eigenvalue weighted by Gasteiger charge is 2.53. The number of aryl methyl sites for hydroxylation is 1. The summed E-state index contributed by atoms with van der Waals surface area (Å²) in [4.78, 5) is 22.5. The number of rotatable bonds is 2. The molecule has 120 valence electrons. The van der Waals surface area contributed by atoms with Crippen molar-refractivity contribution in [2.75, 3.05) is 19.7 Å². The fourth-order valence-electron chi connectivity index (χ4n) is 3.49. The number of carbonyl (C=O) groups is 1. The smallest absolute Gasteiger partial charge is 0.274 e. The van der Waals surface area contributed by atoms with Gasteiger partial charge in [0, 0.05) is 39.0 Å². The van der Waals surface area contributed by atoms with Crippen molar-refractivity contribution in [2.24, 2.45) is 0 Å². The molecule has 2 aliphatic rings. The second-order valence-corrected chi connectivity index (χ2v) is 6.00. The number of likely N-dealkylation sites (tertiary alicyclic amines) is 1. The van der Waals surface area contributed by atoms with Crippen LogP contribution in [0, 0.1) is 6.92 Å². The van der Waals surface area contributed by atoms with Crippen molar-refractivity contribution >= 4 is 5.91 Å². The summed E-state index contributed by atoms with van der Waals surface area (Å²) in [5.74, 6) is 0.964. The van der Waals surface area contributed by atoms with E-state index < -0.39 is 5.41 Å². The Kier molecular flexibility index (Phi) is 3.33. The Bertz CT molecular complexity index is 719. The molecule has 1 amide bonds. The number of nitrogens with zero attached hydrogens (tertiary/aromatic N) is 5. The van der Waals surface area contributed by atoms with Crippen LogP contribution in [0.2, 0.25) is 0 Å². The fourth-order valence-corrected chi connectivity index (χ4v) is 3.49. The monoisotopic (exact) mass is 315 g/mol. The van der Waals surface area contributed by atoms with E-state index in [0.717, 1.165) is 12.8 Å². The van der Waals surface area contributed by atoms with E-state index in [0.29, 0.717) is 37.2 Å². The lowest BCUT2D eigenvalue weighted by Gasteiger charge is -2.41.